The SMILES string of the molecule is Cl[SiH](Cl)Cl.FC1CC1(F)F. The van der Waals surface area contributed by atoms with Gasteiger partial charge in [0, 0.05) is 0 Å². The largest absolute Gasteiger partial charge is 0.326 e. The Labute approximate surface area is 72.0 Å². The minimum atomic E-state index is -2.96. The van der Waals surface area contributed by atoms with Crippen LogP contribution >= 0.6 is 33.2 Å². The Morgan fingerprint density at radius 2 is 1.40 bits per heavy atom. The lowest BCUT2D eigenvalue weighted by molar-refractivity contribution is 0.0870. The monoisotopic (exact) mass is 230 g/mol. The van der Waals surface area contributed by atoms with Gasteiger partial charge in [0.2, 0.25) is 0 Å². The maximum Gasteiger partial charge on any atom is 0.326 e. The van der Waals surface area contributed by atoms with Gasteiger partial charge in [0.1, 0.15) is 0 Å². The van der Waals surface area contributed by atoms with E-state index < -0.39 is 25.2 Å². The van der Waals surface area contributed by atoms with Crippen LogP contribution in [0.4, 0.5) is 13.2 Å². The van der Waals surface area contributed by atoms with Crippen LogP contribution in [0.25, 0.3) is 0 Å². The van der Waals surface area contributed by atoms with E-state index in [9.17, 15) is 13.2 Å². The standard InChI is InChI=1S/C3H3F3.Cl3HSi/c4-2-1-3(2,5)6;1-4(2)3/h2H,1H2;4H. The molecule has 1 rings (SSSR count). The van der Waals surface area contributed by atoms with Crippen molar-refractivity contribution in [1.29, 1.82) is 0 Å². The second kappa shape index (κ2) is 4.04. The van der Waals surface area contributed by atoms with Gasteiger partial charge in [-0.25, -0.2) is 13.2 Å². The number of hydrogen-bond donors (Lipinski definition) is 0. The van der Waals surface area contributed by atoms with E-state index in [0.29, 0.717) is 0 Å². The van der Waals surface area contributed by atoms with Crippen LogP contribution in [0.1, 0.15) is 6.42 Å². The molecule has 0 aromatic rings. The number of rotatable bonds is 0. The maximum absolute atomic E-state index is 11.2. The minimum absolute atomic E-state index is 0.562. The predicted octanol–water partition coefficient (Wildman–Crippen LogP) is 2.78. The molecule has 0 N–H and O–H groups in total. The van der Waals surface area contributed by atoms with Crippen molar-refractivity contribution in [3.63, 3.8) is 0 Å². The predicted molar refractivity (Wildman–Crippen MR) is 39.2 cm³/mol. The summed E-state index contributed by atoms with van der Waals surface area (Å²) in [5.41, 5.74) is 0. The van der Waals surface area contributed by atoms with Crippen molar-refractivity contribution in [3.05, 3.63) is 0 Å². The highest BCUT2D eigenvalue weighted by atomic mass is 35.8. The zero-order chi connectivity index (χ0) is 8.36. The van der Waals surface area contributed by atoms with Gasteiger partial charge >= 0.3 is 6.73 Å². The molecular weight excluding hydrogens is 227 g/mol. The van der Waals surface area contributed by atoms with E-state index in [1.807, 2.05) is 0 Å². The fraction of sp³-hybridized carbons (Fsp3) is 1.00. The van der Waals surface area contributed by atoms with Crippen LogP contribution in [-0.4, -0.2) is 18.8 Å². The van der Waals surface area contributed by atoms with E-state index in [1.54, 1.807) is 0 Å². The molecular formula is C3H4Cl3F3Si. The van der Waals surface area contributed by atoms with Crippen molar-refractivity contribution >= 4 is 40.0 Å². The molecule has 0 nitrogen and oxygen atoms in total. The topological polar surface area (TPSA) is 0 Å². The molecule has 0 saturated heterocycles. The second-order valence-corrected chi connectivity index (χ2v) is 8.11. The molecule has 1 unspecified atom stereocenters. The molecule has 1 fully saturated rings. The van der Waals surface area contributed by atoms with Crippen LogP contribution in [0.5, 0.6) is 0 Å². The van der Waals surface area contributed by atoms with Crippen LogP contribution < -0.4 is 0 Å². The summed E-state index contributed by atoms with van der Waals surface area (Å²) in [4.78, 5) is 0. The number of halogens is 6. The van der Waals surface area contributed by atoms with Gasteiger partial charge in [0.25, 0.3) is 5.92 Å². The zero-order valence-corrected chi connectivity index (χ0v) is 8.05. The lowest BCUT2D eigenvalue weighted by Crippen LogP contribution is -1.90. The Hall–Kier alpha value is 0.877. The number of hydrogen-bond acceptors (Lipinski definition) is 0. The minimum Gasteiger partial charge on any atom is -0.241 e. The lowest BCUT2D eigenvalue weighted by Gasteiger charge is -1.79. The molecule has 0 aliphatic heterocycles. The first-order valence-corrected chi connectivity index (χ1v) is 7.54. The summed E-state index contributed by atoms with van der Waals surface area (Å²) >= 11 is 14.8. The molecule has 0 aromatic heterocycles. The van der Waals surface area contributed by atoms with Gasteiger partial charge in [-0.2, -0.15) is 0 Å². The van der Waals surface area contributed by atoms with Crippen LogP contribution in [0.2, 0.25) is 0 Å². The van der Waals surface area contributed by atoms with Crippen molar-refractivity contribution in [1.82, 2.24) is 0 Å². The van der Waals surface area contributed by atoms with E-state index in [-0.39, 0.29) is 0 Å². The van der Waals surface area contributed by atoms with Crippen molar-refractivity contribution in [2.45, 2.75) is 18.5 Å². The first kappa shape index (κ1) is 10.9. The van der Waals surface area contributed by atoms with Crippen LogP contribution in [0.3, 0.4) is 0 Å². The summed E-state index contributed by atoms with van der Waals surface area (Å²) in [6.07, 6.45) is -2.40. The molecule has 1 atom stereocenters. The van der Waals surface area contributed by atoms with E-state index in [4.69, 9.17) is 33.2 Å². The van der Waals surface area contributed by atoms with Gasteiger partial charge in [0.05, 0.1) is 6.42 Å². The lowest BCUT2D eigenvalue weighted by atomic mass is 10.8. The molecule has 1 aliphatic carbocycles. The van der Waals surface area contributed by atoms with Crippen molar-refractivity contribution in [2.24, 2.45) is 0 Å². The first-order valence-electron chi connectivity index (χ1n) is 2.30. The maximum atomic E-state index is 11.2. The number of alkyl halides is 3. The molecule has 0 heterocycles. The van der Waals surface area contributed by atoms with Gasteiger partial charge in [-0.1, -0.05) is 0 Å². The Morgan fingerprint density at radius 1 is 1.30 bits per heavy atom. The Kier molecular flexibility index (Phi) is 4.40. The molecule has 0 amide bonds. The Balaban J connectivity index is 0.000000180. The van der Waals surface area contributed by atoms with Crippen LogP contribution in [0.15, 0.2) is 0 Å². The van der Waals surface area contributed by atoms with Gasteiger partial charge in [-0.3, -0.25) is 0 Å². The van der Waals surface area contributed by atoms with Gasteiger partial charge < -0.3 is 0 Å². The summed E-state index contributed by atoms with van der Waals surface area (Å²) in [6, 6.07) is 0. The van der Waals surface area contributed by atoms with E-state index in [1.165, 1.54) is 0 Å². The fourth-order valence-corrected chi connectivity index (χ4v) is 0.180. The van der Waals surface area contributed by atoms with Crippen molar-refractivity contribution in [3.8, 4) is 0 Å². The zero-order valence-electron chi connectivity index (χ0n) is 4.63. The highest BCUT2D eigenvalue weighted by Gasteiger charge is 2.58. The molecule has 1 aliphatic rings. The molecule has 0 bridgehead atoms. The summed E-state index contributed by atoms with van der Waals surface area (Å²) in [7, 11) is 0. The molecule has 10 heavy (non-hydrogen) atoms. The third-order valence-corrected chi connectivity index (χ3v) is 0.750. The molecule has 0 spiro atoms. The highest BCUT2D eigenvalue weighted by Crippen LogP contribution is 2.44. The van der Waals surface area contributed by atoms with E-state index in [2.05, 4.69) is 0 Å². The average molecular weight is 232 g/mol. The van der Waals surface area contributed by atoms with E-state index >= 15 is 0 Å². The first-order chi connectivity index (χ1) is 4.36. The van der Waals surface area contributed by atoms with E-state index in [0.717, 1.165) is 0 Å². The van der Waals surface area contributed by atoms with Crippen molar-refractivity contribution < 1.29 is 13.2 Å². The summed E-state index contributed by atoms with van der Waals surface area (Å²) in [5.74, 6) is -2.96. The average Bonchev–Trinajstić information content (AvgIpc) is 2.08. The smallest absolute Gasteiger partial charge is 0.241 e. The Bertz CT molecular complexity index is 106. The highest BCUT2D eigenvalue weighted by molar-refractivity contribution is 7.54. The normalized spacial score (nSPS) is 27.3. The van der Waals surface area contributed by atoms with Gasteiger partial charge in [0.15, 0.2) is 6.17 Å². The fourth-order valence-electron chi connectivity index (χ4n) is 0.180. The molecule has 1 saturated carbocycles. The van der Waals surface area contributed by atoms with Gasteiger partial charge in [-0.05, 0) is 0 Å². The third kappa shape index (κ3) is 5.65. The summed E-state index contributed by atoms with van der Waals surface area (Å²) < 4.78 is 33.4. The second-order valence-electron chi connectivity index (χ2n) is 1.68. The molecule has 0 radical (unpaired) electrons. The van der Waals surface area contributed by atoms with Crippen molar-refractivity contribution in [2.75, 3.05) is 0 Å². The summed E-state index contributed by atoms with van der Waals surface area (Å²) in [5, 5.41) is 0. The Morgan fingerprint density at radius 3 is 1.40 bits per heavy atom. The van der Waals surface area contributed by atoms with Crippen LogP contribution in [0, 0.1) is 0 Å². The molecule has 62 valence electrons. The van der Waals surface area contributed by atoms with Crippen LogP contribution in [-0.2, 0) is 0 Å². The quantitative estimate of drug-likeness (QED) is 0.444. The molecule has 7 heteroatoms. The van der Waals surface area contributed by atoms with Gasteiger partial charge in [-0.15, -0.1) is 33.2 Å². The summed E-state index contributed by atoms with van der Waals surface area (Å²) in [6.45, 7) is -1.72. The third-order valence-electron chi connectivity index (χ3n) is 0.750. The molecule has 0 aromatic carbocycles.